The number of fused-ring (bicyclic) bond motifs is 1. The number of aryl methyl sites for hydroxylation is 1. The van der Waals surface area contributed by atoms with E-state index in [2.05, 4.69) is 5.32 Å². The van der Waals surface area contributed by atoms with Gasteiger partial charge in [-0.15, -0.1) is 0 Å². The highest BCUT2D eigenvalue weighted by Crippen LogP contribution is 2.30. The Morgan fingerprint density at radius 3 is 2.38 bits per heavy atom. The predicted molar refractivity (Wildman–Crippen MR) is 118 cm³/mol. The number of nitrogens with zero attached hydrogens (tertiary/aromatic N) is 2. The number of rotatable bonds is 6. The number of pyridine rings is 1. The number of hydrogen-bond acceptors (Lipinski definition) is 7. The first-order valence-corrected chi connectivity index (χ1v) is 10.4. The minimum atomic E-state index is -1.42. The summed E-state index contributed by atoms with van der Waals surface area (Å²) in [5, 5.41) is 28.1. The van der Waals surface area contributed by atoms with Crippen LogP contribution in [0.1, 0.15) is 30.6 Å². The van der Waals surface area contributed by atoms with Crippen molar-refractivity contribution in [3.63, 3.8) is 0 Å². The molecule has 1 unspecified atom stereocenters. The maximum atomic E-state index is 15.2. The van der Waals surface area contributed by atoms with Crippen molar-refractivity contribution in [1.29, 1.82) is 0 Å². The third kappa shape index (κ3) is 5.85. The summed E-state index contributed by atoms with van der Waals surface area (Å²) >= 11 is 0. The van der Waals surface area contributed by atoms with Crippen LogP contribution in [0.5, 0.6) is 0 Å². The molecule has 1 saturated heterocycles. The summed E-state index contributed by atoms with van der Waals surface area (Å²) in [6.07, 6.45) is 0.577. The van der Waals surface area contributed by atoms with Crippen molar-refractivity contribution in [3.8, 4) is 0 Å². The van der Waals surface area contributed by atoms with Crippen LogP contribution in [0.2, 0.25) is 0 Å². The van der Waals surface area contributed by atoms with E-state index < -0.39 is 53.0 Å². The Morgan fingerprint density at radius 1 is 1.26 bits per heavy atom. The van der Waals surface area contributed by atoms with E-state index in [0.29, 0.717) is 19.6 Å². The number of aromatic carboxylic acids is 1. The molecule has 0 radical (unpaired) electrons. The van der Waals surface area contributed by atoms with Gasteiger partial charge in [-0.1, -0.05) is 0 Å². The molecule has 2 heterocycles. The number of halogens is 2. The van der Waals surface area contributed by atoms with Gasteiger partial charge in [-0.2, -0.15) is 0 Å². The number of hydrogen-bond donors (Lipinski definition) is 5. The van der Waals surface area contributed by atoms with E-state index in [0.717, 1.165) is 12.3 Å². The van der Waals surface area contributed by atoms with E-state index in [9.17, 15) is 23.6 Å². The summed E-state index contributed by atoms with van der Waals surface area (Å²) in [5.41, 5.74) is 3.21. The second kappa shape index (κ2) is 11.0. The Bertz CT molecular complexity index is 1170. The number of nitrogens with one attached hydrogen (secondary N) is 1. The Morgan fingerprint density at radius 2 is 1.91 bits per heavy atom. The number of aromatic nitrogens is 1. The van der Waals surface area contributed by atoms with Crippen LogP contribution in [-0.2, 0) is 16.1 Å². The number of anilines is 1. The third-order valence-electron chi connectivity index (χ3n) is 5.20. The molecule has 1 aliphatic rings. The predicted octanol–water partition coefficient (Wildman–Crippen LogP) is 0.669. The van der Waals surface area contributed by atoms with Crippen molar-refractivity contribution in [2.75, 3.05) is 24.5 Å². The molecule has 1 aliphatic heterocycles. The van der Waals surface area contributed by atoms with Gasteiger partial charge in [0.1, 0.15) is 23.1 Å². The lowest BCUT2D eigenvalue weighted by Gasteiger charge is -2.34. The molecule has 3 rings (SSSR count). The number of aliphatic carboxylic acids is 2. The number of piperazine rings is 1. The zero-order chi connectivity index (χ0) is 25.7. The molecule has 0 aliphatic carbocycles. The van der Waals surface area contributed by atoms with Gasteiger partial charge in [0.15, 0.2) is 5.82 Å². The van der Waals surface area contributed by atoms with Gasteiger partial charge < -0.3 is 35.8 Å². The number of carboxylic acid groups (broad SMARTS) is 3. The SMILES string of the molecule is CCn1cc(C(=O)O)c(=O)c2cc(F)c(N3CCNC(C)C3)c(F)c21.N[C@@H](CC(=O)O)C(=O)O. The topological polar surface area (TPSA) is 175 Å². The fourth-order valence-electron chi connectivity index (χ4n) is 3.58. The van der Waals surface area contributed by atoms with Crippen LogP contribution in [0.3, 0.4) is 0 Å². The average molecular weight is 484 g/mol. The summed E-state index contributed by atoms with van der Waals surface area (Å²) in [5.74, 6) is -5.61. The zero-order valence-corrected chi connectivity index (χ0v) is 18.5. The third-order valence-corrected chi connectivity index (χ3v) is 5.20. The highest BCUT2D eigenvalue weighted by atomic mass is 19.1. The molecule has 34 heavy (non-hydrogen) atoms. The van der Waals surface area contributed by atoms with Crippen molar-refractivity contribution >= 4 is 34.5 Å². The Balaban J connectivity index is 0.000000387. The van der Waals surface area contributed by atoms with Crippen molar-refractivity contribution in [2.24, 2.45) is 5.73 Å². The van der Waals surface area contributed by atoms with Crippen LogP contribution in [-0.4, -0.2) is 69.5 Å². The lowest BCUT2D eigenvalue weighted by atomic mass is 10.1. The van der Waals surface area contributed by atoms with Crippen LogP contribution in [0.4, 0.5) is 14.5 Å². The molecule has 0 spiro atoms. The minimum absolute atomic E-state index is 0.0694. The Hall–Kier alpha value is -3.58. The molecule has 13 heteroatoms. The van der Waals surface area contributed by atoms with Crippen LogP contribution in [0, 0.1) is 11.6 Å². The number of nitrogens with two attached hydrogens (primary N) is 1. The van der Waals surface area contributed by atoms with Gasteiger partial charge in [0.25, 0.3) is 0 Å². The highest BCUT2D eigenvalue weighted by Gasteiger charge is 2.27. The van der Waals surface area contributed by atoms with Crippen molar-refractivity contribution in [1.82, 2.24) is 9.88 Å². The standard InChI is InChI=1S/C17H19F2N3O3.C4H7NO4/c1-3-21-8-11(17(24)25)16(23)10-6-12(18)15(13(19)14(10)21)22-5-4-20-9(2)7-22;5-2(4(8)9)1-3(6)7/h6,8-9,20H,3-5,7H2,1-2H3,(H,24,25);2H,1,5H2,(H,6,7)(H,8,9)/t;2-/m.0/s1. The fourth-order valence-corrected chi connectivity index (χ4v) is 3.58. The first-order chi connectivity index (χ1) is 15.9. The van der Waals surface area contributed by atoms with E-state index in [1.807, 2.05) is 6.92 Å². The summed E-state index contributed by atoms with van der Waals surface area (Å²) in [4.78, 5) is 44.8. The van der Waals surface area contributed by atoms with Gasteiger partial charge in [-0.3, -0.25) is 14.4 Å². The number of carboxylic acids is 3. The zero-order valence-electron chi connectivity index (χ0n) is 18.5. The monoisotopic (exact) mass is 484 g/mol. The molecular formula is C21H26F2N4O7. The molecule has 1 fully saturated rings. The van der Waals surface area contributed by atoms with Gasteiger partial charge in [0, 0.05) is 38.4 Å². The summed E-state index contributed by atoms with van der Waals surface area (Å²) < 4.78 is 31.2. The molecular weight excluding hydrogens is 458 g/mol. The van der Waals surface area contributed by atoms with E-state index >= 15 is 4.39 Å². The highest BCUT2D eigenvalue weighted by molar-refractivity contribution is 5.93. The average Bonchev–Trinajstić information content (AvgIpc) is 2.74. The van der Waals surface area contributed by atoms with Gasteiger partial charge in [0.2, 0.25) is 5.43 Å². The molecule has 0 saturated carbocycles. The first kappa shape index (κ1) is 26.7. The van der Waals surface area contributed by atoms with Crippen molar-refractivity contribution < 1.29 is 38.5 Å². The summed E-state index contributed by atoms with van der Waals surface area (Å²) in [6, 6.07) is -0.269. The molecule has 1 aromatic carbocycles. The van der Waals surface area contributed by atoms with Crippen LogP contribution < -0.4 is 21.4 Å². The molecule has 0 amide bonds. The summed E-state index contributed by atoms with van der Waals surface area (Å²) in [7, 11) is 0. The van der Waals surface area contributed by atoms with E-state index in [4.69, 9.17) is 21.1 Å². The van der Waals surface area contributed by atoms with E-state index in [1.54, 1.807) is 11.8 Å². The summed E-state index contributed by atoms with van der Waals surface area (Å²) in [6.45, 7) is 5.33. The van der Waals surface area contributed by atoms with Crippen molar-refractivity contribution in [3.05, 3.63) is 39.7 Å². The van der Waals surface area contributed by atoms with Gasteiger partial charge >= 0.3 is 17.9 Å². The normalized spacial score (nSPS) is 16.5. The van der Waals surface area contributed by atoms with Gasteiger partial charge in [-0.25, -0.2) is 13.6 Å². The maximum Gasteiger partial charge on any atom is 0.341 e. The van der Waals surface area contributed by atoms with Gasteiger partial charge in [0.05, 0.1) is 17.3 Å². The Kier molecular flexibility index (Phi) is 8.65. The van der Waals surface area contributed by atoms with E-state index in [1.165, 1.54) is 4.57 Å². The maximum absolute atomic E-state index is 15.2. The first-order valence-electron chi connectivity index (χ1n) is 10.4. The molecule has 0 bridgehead atoms. The van der Waals surface area contributed by atoms with Crippen LogP contribution in [0.25, 0.3) is 10.9 Å². The number of carbonyl (C=O) groups is 3. The molecule has 186 valence electrons. The quantitative estimate of drug-likeness (QED) is 0.392. The largest absolute Gasteiger partial charge is 0.481 e. The fraction of sp³-hybridized carbons (Fsp3) is 0.429. The molecule has 1 aromatic heterocycles. The molecule has 2 atom stereocenters. The smallest absolute Gasteiger partial charge is 0.341 e. The molecule has 11 nitrogen and oxygen atoms in total. The second-order valence-electron chi connectivity index (χ2n) is 7.72. The second-order valence-corrected chi connectivity index (χ2v) is 7.72. The molecule has 2 aromatic rings. The van der Waals surface area contributed by atoms with Crippen LogP contribution in [0.15, 0.2) is 17.1 Å². The lowest BCUT2D eigenvalue weighted by Crippen LogP contribution is -2.49. The van der Waals surface area contributed by atoms with Crippen LogP contribution >= 0.6 is 0 Å². The number of benzene rings is 1. The molecule has 6 N–H and O–H groups in total. The van der Waals surface area contributed by atoms with Crippen molar-refractivity contribution in [2.45, 2.75) is 38.9 Å². The van der Waals surface area contributed by atoms with Gasteiger partial charge in [-0.05, 0) is 19.9 Å². The Labute approximate surface area is 192 Å². The van der Waals surface area contributed by atoms with E-state index in [-0.39, 0.29) is 29.2 Å². The lowest BCUT2D eigenvalue weighted by molar-refractivity contribution is -0.144. The minimum Gasteiger partial charge on any atom is -0.481 e.